The average Bonchev–Trinajstić information content (AvgIpc) is 0.784. The second kappa shape index (κ2) is 72.6. The third kappa shape index (κ3) is 59.8. The van der Waals surface area contributed by atoms with E-state index in [0.29, 0.717) is 173 Å². The van der Waals surface area contributed by atoms with Gasteiger partial charge >= 0.3 is 65.4 Å². The Hall–Kier alpha value is -7.70. The van der Waals surface area contributed by atoms with Crippen LogP contribution < -0.4 is 88.7 Å². The molecule has 0 bridgehead atoms. The summed E-state index contributed by atoms with van der Waals surface area (Å²) in [5.74, 6) is -4.59. The van der Waals surface area contributed by atoms with E-state index >= 15 is 0 Å². The fourth-order valence-corrected chi connectivity index (χ4v) is 13.6. The molecule has 5 atom stereocenters. The summed E-state index contributed by atoms with van der Waals surface area (Å²) in [6.07, 6.45) is 0.667. The van der Waals surface area contributed by atoms with E-state index < -0.39 is 59.3 Å². The van der Waals surface area contributed by atoms with E-state index in [9.17, 15) is 62.6 Å². The molecule has 4 amide bonds. The van der Waals surface area contributed by atoms with Gasteiger partial charge in [0.15, 0.2) is 18.3 Å². The second-order valence-electron chi connectivity index (χ2n) is 33.7. The maximum Gasteiger partial charge on any atom is 1.00 e. The minimum absolute atomic E-state index is 0. The van der Waals surface area contributed by atoms with Crippen molar-refractivity contribution in [2.24, 2.45) is 11.5 Å². The van der Waals surface area contributed by atoms with Crippen LogP contribution in [0.15, 0.2) is 170 Å². The molecule has 778 valence electrons. The zero-order chi connectivity index (χ0) is 106. The number of nitrogens with one attached hydrogen (secondary N) is 8. The molecule has 0 aliphatic rings. The van der Waals surface area contributed by atoms with E-state index in [4.69, 9.17) is 133 Å². The molecular formula is C100H126AlBr3Cl9N10NaO19. The van der Waals surface area contributed by atoms with E-state index in [0.717, 1.165) is 28.0 Å². The first-order chi connectivity index (χ1) is 66.2. The van der Waals surface area contributed by atoms with Crippen LogP contribution in [-0.4, -0.2) is 170 Å². The minimum atomic E-state index is -1.14. The summed E-state index contributed by atoms with van der Waals surface area (Å²) in [4.78, 5) is 139. The van der Waals surface area contributed by atoms with Gasteiger partial charge in [-0.3, -0.25) is 52.7 Å². The number of rotatable bonds is 40. The molecule has 0 aliphatic heterocycles. The van der Waals surface area contributed by atoms with Gasteiger partial charge in [0.05, 0.1) is 91.8 Å². The summed E-state index contributed by atoms with van der Waals surface area (Å²) < 4.78 is 31.1. The number of nitrogens with two attached hydrogens (primary N) is 2. The summed E-state index contributed by atoms with van der Waals surface area (Å²) in [5, 5.41) is 38.8. The van der Waals surface area contributed by atoms with Gasteiger partial charge in [-0.2, -0.15) is 0 Å². The van der Waals surface area contributed by atoms with Crippen molar-refractivity contribution in [1.82, 2.24) is 21.3 Å². The number of carboxylic acid groups (broad SMARTS) is 1. The van der Waals surface area contributed by atoms with Gasteiger partial charge in [-0.15, -0.1) is 12.4 Å². The zero-order valence-electron chi connectivity index (χ0n) is 82.8. The number of alkyl halides is 2. The Balaban J connectivity index is 0.00000171. The number of halogens is 12. The molecule has 0 radical (unpaired) electrons. The molecule has 0 fully saturated rings. The smallest absolute Gasteiger partial charge is 0.550 e. The topological polar surface area (TPSA) is 432 Å². The molecule has 0 aliphatic carbocycles. The first-order valence-corrected chi connectivity index (χ1v) is 51.8. The fraction of sp³-hybridized carbons (Fsp3) is 0.400. The number of carboxylic acids is 1. The van der Waals surface area contributed by atoms with Gasteiger partial charge in [0.1, 0.15) is 16.8 Å². The van der Waals surface area contributed by atoms with Crippen LogP contribution in [0.2, 0.25) is 45.5 Å². The fourth-order valence-electron chi connectivity index (χ4n) is 11.2. The van der Waals surface area contributed by atoms with Crippen LogP contribution in [0.25, 0.3) is 0 Å². The van der Waals surface area contributed by atoms with Gasteiger partial charge in [-0.25, -0.2) is 0 Å². The number of benzene rings is 8. The van der Waals surface area contributed by atoms with Gasteiger partial charge in [0.2, 0.25) is 26.9 Å². The molecule has 0 spiro atoms. The molecule has 8 aromatic rings. The molecule has 8 rings (SSSR count). The SMILES string of the molecule is CC(Br)C(=O)Br.CC(Br)C(=O)NCCCC(=O)OC(C)(C)C.CC(C)(C)OC(=O)CCCN.CC(OC(=O)Cc1ccccc1Nc1c(Cl)cccc1Cl)C(=O)NCCCC(=O)OC(C)(C)C.CC(OC(=O)Cc1ccccc1Nc1c(Cl)cccc1Cl)C(=O)NCCN.CC(OC(=O)Cc1ccccc1Nc1c(Cl)cccc1Cl)C(=O)NCC[CH2][AlH2].Cl.O=C([O-])Cc1ccccc1Nc1c(Cl)cccc1Cl.[Na+]. The van der Waals surface area contributed by atoms with Crippen LogP contribution in [0.4, 0.5) is 45.5 Å². The monoisotopic (exact) mass is 2370 g/mol. The number of hydrogen-bond acceptors (Lipinski definition) is 25. The van der Waals surface area contributed by atoms with E-state index in [1.54, 1.807) is 175 Å². The second-order valence-corrected chi connectivity index (χ2v) is 41.5. The van der Waals surface area contributed by atoms with Crippen molar-refractivity contribution in [3.63, 3.8) is 0 Å². The molecule has 12 N–H and O–H groups in total. The molecule has 0 saturated heterocycles. The van der Waals surface area contributed by atoms with Crippen LogP contribution in [0.3, 0.4) is 0 Å². The van der Waals surface area contributed by atoms with Crippen molar-refractivity contribution in [2.75, 3.05) is 60.5 Å². The average molecular weight is 2380 g/mol. The summed E-state index contributed by atoms with van der Waals surface area (Å²) >= 11 is 59.5. The first-order valence-electron chi connectivity index (χ1n) is 44.8. The van der Waals surface area contributed by atoms with Crippen LogP contribution >= 0.6 is 153 Å². The predicted molar refractivity (Wildman–Crippen MR) is 583 cm³/mol. The molecule has 8 aromatic carbocycles. The predicted octanol–water partition coefficient (Wildman–Crippen LogP) is 17.7. The summed E-state index contributed by atoms with van der Waals surface area (Å²) in [6.45, 7) is 27.1. The van der Waals surface area contributed by atoms with Crippen molar-refractivity contribution in [1.29, 1.82) is 0 Å². The van der Waals surface area contributed by atoms with Gasteiger partial charge in [0.25, 0.3) is 17.7 Å². The van der Waals surface area contributed by atoms with Gasteiger partial charge in [0, 0.05) is 87.1 Å². The molecule has 43 heteroatoms. The van der Waals surface area contributed by atoms with Gasteiger partial charge in [-0.05, 0) is 240 Å². The molecule has 0 aromatic heterocycles. The summed E-state index contributed by atoms with van der Waals surface area (Å²) in [5.41, 5.74) is 16.7. The normalized spacial score (nSPS) is 11.5. The van der Waals surface area contributed by atoms with Crippen LogP contribution in [0, 0.1) is 0 Å². The quantitative estimate of drug-likeness (QED) is 0.00426. The third-order valence-electron chi connectivity index (χ3n) is 17.8. The van der Waals surface area contributed by atoms with Crippen LogP contribution in [0.1, 0.15) is 164 Å². The van der Waals surface area contributed by atoms with E-state index in [1.165, 1.54) is 13.8 Å². The molecular weight excluding hydrogens is 2250 g/mol. The number of para-hydroxylation sites is 8. The number of carbonyl (C=O) groups excluding carboxylic acids is 12. The molecule has 29 nitrogen and oxygen atoms in total. The zero-order valence-corrected chi connectivity index (χ0v) is 98.4. The molecule has 0 heterocycles. The number of hydrogen-bond donors (Lipinski definition) is 10. The number of aliphatic carboxylic acids is 1. The van der Waals surface area contributed by atoms with E-state index in [1.807, 2.05) is 77.9 Å². The largest absolute Gasteiger partial charge is 1.00 e. The molecule has 143 heavy (non-hydrogen) atoms. The van der Waals surface area contributed by atoms with Gasteiger partial charge < -0.3 is 92.3 Å². The Labute approximate surface area is 939 Å². The Bertz CT molecular complexity index is 5300. The maximum atomic E-state index is 12.5. The van der Waals surface area contributed by atoms with E-state index in [-0.39, 0.29) is 136 Å². The van der Waals surface area contributed by atoms with Gasteiger partial charge in [-0.1, -0.05) is 227 Å². The standard InChI is InChI=1S/C25H30Cl2N2O5.C20H21Cl2N2O3.C19H21Cl2N3O3.C14H11Cl2NO2.C11H20BrNO3.C8H17NO2.C3H4Br2O.Al.ClH.Na.2H/c1-16(24(32)28-14-8-13-21(30)34-25(2,3)4)33-22(31)15-17-9-5-6-12-20(17)29-23-18(26)10-7-11-19(23)27;1-3-11-23-20(26)13(2)27-18(25)12-14-7-4-5-10-17(14)24-19-15(21)8-6-9-16(19)22;1-12(19(26)23-10-9-22)27-17(25)11-13-5-2-3-8-16(13)24-18-14(20)6-4-7-15(18)21;15-10-5-3-6-11(16)14(10)17-12-7-2-1-4-9(12)8-13(18)19;1-8(12)10(15)13-7-5-6-9(14)16-11(2,3)4;1-8(2,3)11-7(10)5-4-6-9;1-2(4)3(5)6;;;;;/h5-7,9-12,16,29H,8,13-15H2,1-4H3,(H,28,32);4-10,13,24H,1,3,11-12H2,2H3,(H,23,26);2-8,12,24H,9-11,22H2,1H3,(H,23,26);1-7,17H,8H2,(H,18,19);8H,5-7H2,1-4H3,(H,13,15);4-6,9H2,1-3H3;2H,1H3;;1H;;;/q;;;;;;;;;+1;;/p-1. The summed E-state index contributed by atoms with van der Waals surface area (Å²) in [6, 6.07) is 49.4. The van der Waals surface area contributed by atoms with Crippen molar-refractivity contribution < 1.29 is 121 Å². The Morgan fingerprint density at radius 1 is 0.343 bits per heavy atom. The third-order valence-corrected chi connectivity index (χ3v) is 23.2. The number of ether oxygens (including phenoxy) is 6. The summed E-state index contributed by atoms with van der Waals surface area (Å²) in [7, 11) is 0. The van der Waals surface area contributed by atoms with Crippen LogP contribution in [-0.2, 0) is 112 Å². The van der Waals surface area contributed by atoms with Crippen molar-refractivity contribution in [3.8, 4) is 0 Å². The van der Waals surface area contributed by atoms with Crippen molar-refractivity contribution >= 4 is 285 Å². The van der Waals surface area contributed by atoms with E-state index in [2.05, 4.69) is 90.3 Å². The number of amides is 4. The molecule has 0 saturated carbocycles. The minimum Gasteiger partial charge on any atom is -0.550 e. The number of carbonyl (C=O) groups is 12. The maximum absolute atomic E-state index is 12.5. The van der Waals surface area contributed by atoms with Crippen LogP contribution in [0.5, 0.6) is 0 Å². The number of anilines is 8. The molecule has 5 unspecified atom stereocenters. The van der Waals surface area contributed by atoms with Crippen molar-refractivity contribution in [3.05, 3.63) is 232 Å². The Morgan fingerprint density at radius 3 is 0.797 bits per heavy atom. The number of esters is 6. The Kier molecular flexibility index (Phi) is 68.7. The first kappa shape index (κ1) is 135. The van der Waals surface area contributed by atoms with Crippen molar-refractivity contribution in [2.45, 2.75) is 218 Å². The Morgan fingerprint density at radius 2 is 0.573 bits per heavy atom.